The molecule has 1 unspecified atom stereocenters. The summed E-state index contributed by atoms with van der Waals surface area (Å²) in [6.45, 7) is 6.06. The molecule has 174 valence electrons. The maximum Gasteiger partial charge on any atom is 0.143 e. The van der Waals surface area contributed by atoms with E-state index in [9.17, 15) is 5.26 Å². The van der Waals surface area contributed by atoms with E-state index in [1.165, 1.54) is 25.7 Å². The number of nitriles is 1. The molecule has 1 aliphatic carbocycles. The number of pyridine rings is 2. The van der Waals surface area contributed by atoms with Gasteiger partial charge in [-0.25, -0.2) is 9.97 Å². The maximum absolute atomic E-state index is 9.63. The SMILES string of the molecule is CCOC(COC)c1nc2cc(C#N)nc(-c3cncc(Cl)c3)c2n1C[C@H]1CC[C@H](C)CC1. The standard InChI is InChI=1S/C25H30ClN5O2/c1-4-33-22(15-32-3)25-30-21-10-20(11-27)29-23(18-9-19(26)13-28-12-18)24(21)31(25)14-17-7-5-16(2)6-8-17/h9-10,12-13,16-17,22H,4-8,14-15H2,1-3H3/t16-,17-,22?. The third kappa shape index (κ3) is 5.19. The molecule has 1 saturated carbocycles. The van der Waals surface area contributed by atoms with Gasteiger partial charge in [-0.3, -0.25) is 4.98 Å². The molecule has 33 heavy (non-hydrogen) atoms. The van der Waals surface area contributed by atoms with Gasteiger partial charge in [0.2, 0.25) is 0 Å². The van der Waals surface area contributed by atoms with E-state index >= 15 is 0 Å². The van der Waals surface area contributed by atoms with Crippen molar-refractivity contribution in [1.82, 2.24) is 19.5 Å². The number of imidazole rings is 1. The van der Waals surface area contributed by atoms with E-state index in [0.29, 0.717) is 35.5 Å². The lowest BCUT2D eigenvalue weighted by Gasteiger charge is -2.28. The summed E-state index contributed by atoms with van der Waals surface area (Å²) >= 11 is 6.25. The van der Waals surface area contributed by atoms with E-state index in [-0.39, 0.29) is 6.10 Å². The molecular formula is C25H30ClN5O2. The first kappa shape index (κ1) is 23.6. The summed E-state index contributed by atoms with van der Waals surface area (Å²) in [5.74, 6) is 2.13. The highest BCUT2D eigenvalue weighted by molar-refractivity contribution is 6.30. The van der Waals surface area contributed by atoms with Gasteiger partial charge < -0.3 is 14.0 Å². The lowest BCUT2D eigenvalue weighted by molar-refractivity contribution is -0.00438. The van der Waals surface area contributed by atoms with Crippen LogP contribution in [0.5, 0.6) is 0 Å². The molecule has 0 N–H and O–H groups in total. The highest BCUT2D eigenvalue weighted by Gasteiger charge is 2.27. The summed E-state index contributed by atoms with van der Waals surface area (Å²) in [4.78, 5) is 13.9. The van der Waals surface area contributed by atoms with Gasteiger partial charge >= 0.3 is 0 Å². The van der Waals surface area contributed by atoms with Gasteiger partial charge in [-0.05, 0) is 37.7 Å². The molecule has 1 atom stereocenters. The van der Waals surface area contributed by atoms with Crippen LogP contribution in [-0.4, -0.2) is 39.8 Å². The Morgan fingerprint density at radius 2 is 2.00 bits per heavy atom. The molecule has 0 saturated heterocycles. The maximum atomic E-state index is 9.63. The van der Waals surface area contributed by atoms with Crippen molar-refractivity contribution in [2.24, 2.45) is 11.8 Å². The van der Waals surface area contributed by atoms with Crippen molar-refractivity contribution in [1.29, 1.82) is 5.26 Å². The Bertz CT molecular complexity index is 1140. The molecule has 3 aromatic heterocycles. The van der Waals surface area contributed by atoms with E-state index in [0.717, 1.165) is 34.9 Å². The average Bonchev–Trinajstić information content (AvgIpc) is 3.17. The van der Waals surface area contributed by atoms with Crippen molar-refractivity contribution in [2.45, 2.75) is 52.2 Å². The van der Waals surface area contributed by atoms with Crippen molar-refractivity contribution in [3.05, 3.63) is 41.1 Å². The molecule has 8 heteroatoms. The zero-order valence-corrected chi connectivity index (χ0v) is 20.2. The largest absolute Gasteiger partial charge is 0.382 e. The van der Waals surface area contributed by atoms with Crippen LogP contribution in [0.1, 0.15) is 57.2 Å². The molecule has 7 nitrogen and oxygen atoms in total. The minimum absolute atomic E-state index is 0.305. The summed E-state index contributed by atoms with van der Waals surface area (Å²) < 4.78 is 13.7. The van der Waals surface area contributed by atoms with Gasteiger partial charge in [-0.15, -0.1) is 0 Å². The average molecular weight is 468 g/mol. The minimum Gasteiger partial charge on any atom is -0.382 e. The van der Waals surface area contributed by atoms with Crippen molar-refractivity contribution in [3.8, 4) is 17.3 Å². The smallest absolute Gasteiger partial charge is 0.143 e. The number of aromatic nitrogens is 4. The van der Waals surface area contributed by atoms with Crippen LogP contribution in [0.3, 0.4) is 0 Å². The molecule has 0 amide bonds. The monoisotopic (exact) mass is 467 g/mol. The molecule has 0 radical (unpaired) electrons. The van der Waals surface area contributed by atoms with Crippen molar-refractivity contribution >= 4 is 22.6 Å². The van der Waals surface area contributed by atoms with Crippen LogP contribution in [0.4, 0.5) is 0 Å². The number of methoxy groups -OCH3 is 1. The molecule has 4 rings (SSSR count). The highest BCUT2D eigenvalue weighted by Crippen LogP contribution is 2.35. The number of ether oxygens (including phenoxy) is 2. The molecule has 3 heterocycles. The predicted molar refractivity (Wildman–Crippen MR) is 128 cm³/mol. The normalized spacial score (nSPS) is 19.5. The van der Waals surface area contributed by atoms with Crippen LogP contribution in [0.15, 0.2) is 24.5 Å². The summed E-state index contributed by atoms with van der Waals surface area (Å²) in [6.07, 6.45) is 7.84. The van der Waals surface area contributed by atoms with Crippen LogP contribution < -0.4 is 0 Å². The number of halogens is 1. The molecule has 0 bridgehead atoms. The fourth-order valence-electron chi connectivity index (χ4n) is 4.72. The number of nitrogens with zero attached hydrogens (tertiary/aromatic N) is 5. The zero-order valence-electron chi connectivity index (χ0n) is 19.4. The van der Waals surface area contributed by atoms with Crippen LogP contribution in [0.25, 0.3) is 22.3 Å². The number of hydrogen-bond acceptors (Lipinski definition) is 6. The summed E-state index contributed by atoms with van der Waals surface area (Å²) in [5, 5.41) is 10.1. The van der Waals surface area contributed by atoms with Gasteiger partial charge in [0.15, 0.2) is 0 Å². The third-order valence-electron chi connectivity index (χ3n) is 6.40. The Kier molecular flexibility index (Phi) is 7.59. The Labute approximate surface area is 199 Å². The lowest BCUT2D eigenvalue weighted by Crippen LogP contribution is -2.22. The molecule has 0 spiro atoms. The van der Waals surface area contributed by atoms with Crippen LogP contribution in [0.2, 0.25) is 5.02 Å². The van der Waals surface area contributed by atoms with Crippen LogP contribution in [0, 0.1) is 23.2 Å². The molecule has 0 aromatic carbocycles. The Morgan fingerprint density at radius 3 is 2.67 bits per heavy atom. The number of rotatable bonds is 8. The first-order valence-electron chi connectivity index (χ1n) is 11.6. The topological polar surface area (TPSA) is 85.8 Å². The van der Waals surface area contributed by atoms with E-state index in [1.807, 2.05) is 13.0 Å². The van der Waals surface area contributed by atoms with Gasteiger partial charge in [0, 0.05) is 44.3 Å². The lowest BCUT2D eigenvalue weighted by atomic mass is 9.83. The number of hydrogen-bond donors (Lipinski definition) is 0. The van der Waals surface area contributed by atoms with E-state index in [1.54, 1.807) is 25.6 Å². The van der Waals surface area contributed by atoms with Crippen molar-refractivity contribution < 1.29 is 9.47 Å². The molecule has 1 aliphatic rings. The van der Waals surface area contributed by atoms with Gasteiger partial charge in [-0.2, -0.15) is 5.26 Å². The van der Waals surface area contributed by atoms with Gasteiger partial charge in [0.05, 0.1) is 28.4 Å². The van der Waals surface area contributed by atoms with E-state index in [2.05, 4.69) is 27.5 Å². The highest BCUT2D eigenvalue weighted by atomic mass is 35.5. The second-order valence-electron chi connectivity index (χ2n) is 8.83. The van der Waals surface area contributed by atoms with Crippen LogP contribution >= 0.6 is 11.6 Å². The van der Waals surface area contributed by atoms with Gasteiger partial charge in [-0.1, -0.05) is 31.4 Å². The van der Waals surface area contributed by atoms with Crippen molar-refractivity contribution in [2.75, 3.05) is 20.3 Å². The zero-order chi connectivity index (χ0) is 23.4. The molecule has 0 aliphatic heterocycles. The Hall–Kier alpha value is -2.53. The van der Waals surface area contributed by atoms with E-state index < -0.39 is 0 Å². The fraction of sp³-hybridized carbons (Fsp3) is 0.520. The fourth-order valence-corrected chi connectivity index (χ4v) is 4.90. The van der Waals surface area contributed by atoms with Gasteiger partial charge in [0.25, 0.3) is 0 Å². The predicted octanol–water partition coefficient (Wildman–Crippen LogP) is 5.57. The summed E-state index contributed by atoms with van der Waals surface area (Å²) in [5.41, 5.74) is 3.33. The molecular weight excluding hydrogens is 438 g/mol. The Morgan fingerprint density at radius 1 is 1.21 bits per heavy atom. The second kappa shape index (κ2) is 10.6. The second-order valence-corrected chi connectivity index (χ2v) is 9.27. The number of fused-ring (bicyclic) bond motifs is 1. The molecule has 1 fully saturated rings. The summed E-state index contributed by atoms with van der Waals surface area (Å²) in [7, 11) is 1.67. The first-order chi connectivity index (χ1) is 16.0. The third-order valence-corrected chi connectivity index (χ3v) is 6.60. The quantitative estimate of drug-likeness (QED) is 0.430. The van der Waals surface area contributed by atoms with E-state index in [4.69, 9.17) is 26.1 Å². The van der Waals surface area contributed by atoms with Crippen LogP contribution in [-0.2, 0) is 16.0 Å². The van der Waals surface area contributed by atoms with Crippen molar-refractivity contribution in [3.63, 3.8) is 0 Å². The Balaban J connectivity index is 1.92. The summed E-state index contributed by atoms with van der Waals surface area (Å²) in [6, 6.07) is 5.74. The minimum atomic E-state index is -0.314. The van der Waals surface area contributed by atoms with Gasteiger partial charge in [0.1, 0.15) is 23.7 Å². The molecule has 3 aromatic rings. The first-order valence-corrected chi connectivity index (χ1v) is 11.9.